The zero-order chi connectivity index (χ0) is 14.7. The van der Waals surface area contributed by atoms with Crippen molar-refractivity contribution in [2.24, 2.45) is 0 Å². The van der Waals surface area contributed by atoms with Crippen LogP contribution in [0.3, 0.4) is 0 Å². The smallest absolute Gasteiger partial charge is 0.161 e. The van der Waals surface area contributed by atoms with Crippen molar-refractivity contribution >= 4 is 0 Å². The van der Waals surface area contributed by atoms with E-state index in [1.54, 1.807) is 6.20 Å². The van der Waals surface area contributed by atoms with E-state index in [1.165, 1.54) is 12.3 Å². The Balaban J connectivity index is 1.57. The van der Waals surface area contributed by atoms with Crippen LogP contribution >= 0.6 is 0 Å². The number of nitrogens with zero attached hydrogens (tertiary/aromatic N) is 1. The molecule has 1 aromatic carbocycles. The monoisotopic (exact) mass is 288 g/mol. The molecule has 2 atom stereocenters. The lowest BCUT2D eigenvalue weighted by atomic mass is 10.1. The Labute approximate surface area is 122 Å². The molecule has 3 rings (SSSR count). The highest BCUT2D eigenvalue weighted by Gasteiger charge is 2.21. The number of ether oxygens (including phenoxy) is 2. The molecule has 0 aliphatic carbocycles. The maximum Gasteiger partial charge on any atom is 0.161 e. The Morgan fingerprint density at radius 3 is 2.95 bits per heavy atom. The molecule has 2 heterocycles. The third-order valence-corrected chi connectivity index (χ3v) is 3.45. The van der Waals surface area contributed by atoms with Crippen molar-refractivity contribution in [1.82, 2.24) is 10.3 Å². The Kier molecular flexibility index (Phi) is 4.01. The van der Waals surface area contributed by atoms with Gasteiger partial charge >= 0.3 is 0 Å². The van der Waals surface area contributed by atoms with Crippen LogP contribution in [0.4, 0.5) is 4.39 Å². The summed E-state index contributed by atoms with van der Waals surface area (Å²) in [6.07, 6.45) is 2.79. The maximum absolute atomic E-state index is 13.2. The number of rotatable bonds is 4. The summed E-state index contributed by atoms with van der Waals surface area (Å²) in [5.41, 5.74) is 0.812. The summed E-state index contributed by atoms with van der Waals surface area (Å²) in [6, 6.07) is 9.09. The number of hydrogen-bond donors (Lipinski definition) is 1. The molecule has 1 aliphatic heterocycles. The average molecular weight is 288 g/mol. The van der Waals surface area contributed by atoms with Gasteiger partial charge < -0.3 is 14.8 Å². The Bertz CT molecular complexity index is 621. The van der Waals surface area contributed by atoms with Crippen molar-refractivity contribution in [3.63, 3.8) is 0 Å². The van der Waals surface area contributed by atoms with Gasteiger partial charge in [-0.3, -0.25) is 4.98 Å². The van der Waals surface area contributed by atoms with Crippen molar-refractivity contribution in [1.29, 1.82) is 0 Å². The third kappa shape index (κ3) is 3.31. The summed E-state index contributed by atoms with van der Waals surface area (Å²) >= 11 is 0. The van der Waals surface area contributed by atoms with Gasteiger partial charge in [0, 0.05) is 18.8 Å². The molecule has 2 unspecified atom stereocenters. The fourth-order valence-corrected chi connectivity index (χ4v) is 2.25. The van der Waals surface area contributed by atoms with Gasteiger partial charge in [0.05, 0.1) is 6.20 Å². The lowest BCUT2D eigenvalue weighted by Crippen LogP contribution is -2.39. The standard InChI is InChI=1S/C16H17FN2O2/c1-11(12-6-13(17)8-18-7-12)19-9-14-10-20-15-4-2-3-5-16(15)21-14/h2-8,11,14,19H,9-10H2,1H3. The minimum absolute atomic E-state index is 0.00558. The van der Waals surface area contributed by atoms with E-state index in [2.05, 4.69) is 10.3 Å². The molecule has 1 aromatic heterocycles. The summed E-state index contributed by atoms with van der Waals surface area (Å²) in [7, 11) is 0. The van der Waals surface area contributed by atoms with Crippen LogP contribution in [0.1, 0.15) is 18.5 Å². The quantitative estimate of drug-likeness (QED) is 0.939. The van der Waals surface area contributed by atoms with Gasteiger partial charge in [-0.25, -0.2) is 4.39 Å². The summed E-state index contributed by atoms with van der Waals surface area (Å²) in [5, 5.41) is 3.31. The molecule has 21 heavy (non-hydrogen) atoms. The summed E-state index contributed by atoms with van der Waals surface area (Å²) in [5.74, 6) is 1.21. The van der Waals surface area contributed by atoms with Crippen LogP contribution in [0, 0.1) is 5.82 Å². The van der Waals surface area contributed by atoms with Crippen LogP contribution in [-0.4, -0.2) is 24.2 Å². The molecule has 4 nitrogen and oxygen atoms in total. The molecule has 0 radical (unpaired) electrons. The Morgan fingerprint density at radius 2 is 2.14 bits per heavy atom. The van der Waals surface area contributed by atoms with Crippen molar-refractivity contribution in [2.45, 2.75) is 19.1 Å². The fraction of sp³-hybridized carbons (Fsp3) is 0.312. The first-order valence-corrected chi connectivity index (χ1v) is 6.94. The third-order valence-electron chi connectivity index (χ3n) is 3.45. The SMILES string of the molecule is CC(NCC1COc2ccccc2O1)c1cncc(F)c1. The Hall–Kier alpha value is -2.14. The number of nitrogens with one attached hydrogen (secondary N) is 1. The van der Waals surface area contributed by atoms with E-state index in [9.17, 15) is 4.39 Å². The molecule has 0 amide bonds. The number of fused-ring (bicyclic) bond motifs is 1. The van der Waals surface area contributed by atoms with Gasteiger partial charge in [-0.1, -0.05) is 12.1 Å². The molecular formula is C16H17FN2O2. The van der Waals surface area contributed by atoms with Gasteiger partial charge in [0.1, 0.15) is 18.5 Å². The van der Waals surface area contributed by atoms with Crippen LogP contribution in [-0.2, 0) is 0 Å². The van der Waals surface area contributed by atoms with E-state index in [0.717, 1.165) is 17.1 Å². The number of hydrogen-bond acceptors (Lipinski definition) is 4. The van der Waals surface area contributed by atoms with E-state index >= 15 is 0 Å². The number of halogens is 1. The van der Waals surface area contributed by atoms with Gasteiger partial charge in [0.25, 0.3) is 0 Å². The number of pyridine rings is 1. The van der Waals surface area contributed by atoms with Gasteiger partial charge in [0.2, 0.25) is 0 Å². The molecule has 0 saturated heterocycles. The first kappa shape index (κ1) is 13.8. The lowest BCUT2D eigenvalue weighted by molar-refractivity contribution is 0.0886. The van der Waals surface area contributed by atoms with Crippen LogP contribution < -0.4 is 14.8 Å². The molecule has 5 heteroatoms. The van der Waals surface area contributed by atoms with Crippen LogP contribution in [0.5, 0.6) is 11.5 Å². The van der Waals surface area contributed by atoms with Gasteiger partial charge in [-0.15, -0.1) is 0 Å². The second-order valence-corrected chi connectivity index (χ2v) is 5.06. The summed E-state index contributed by atoms with van der Waals surface area (Å²) < 4.78 is 24.7. The van der Waals surface area contributed by atoms with Crippen molar-refractivity contribution in [3.05, 3.63) is 54.1 Å². The second kappa shape index (κ2) is 6.10. The second-order valence-electron chi connectivity index (χ2n) is 5.06. The maximum atomic E-state index is 13.2. The zero-order valence-electron chi connectivity index (χ0n) is 11.8. The molecule has 1 aliphatic rings. The molecule has 0 bridgehead atoms. The van der Waals surface area contributed by atoms with Crippen molar-refractivity contribution < 1.29 is 13.9 Å². The molecular weight excluding hydrogens is 271 g/mol. The van der Waals surface area contributed by atoms with E-state index in [0.29, 0.717) is 13.2 Å². The first-order chi connectivity index (χ1) is 10.2. The van der Waals surface area contributed by atoms with Crippen molar-refractivity contribution in [2.75, 3.05) is 13.2 Å². The number of aromatic nitrogens is 1. The van der Waals surface area contributed by atoms with Crippen LogP contribution in [0.25, 0.3) is 0 Å². The van der Waals surface area contributed by atoms with E-state index < -0.39 is 0 Å². The van der Waals surface area contributed by atoms with Crippen LogP contribution in [0.15, 0.2) is 42.7 Å². The highest BCUT2D eigenvalue weighted by molar-refractivity contribution is 5.40. The van der Waals surface area contributed by atoms with E-state index in [4.69, 9.17) is 9.47 Å². The average Bonchev–Trinajstić information content (AvgIpc) is 2.52. The summed E-state index contributed by atoms with van der Waals surface area (Å²) in [4.78, 5) is 3.86. The Morgan fingerprint density at radius 1 is 1.33 bits per heavy atom. The molecule has 2 aromatic rings. The highest BCUT2D eigenvalue weighted by atomic mass is 19.1. The number of benzene rings is 1. The minimum Gasteiger partial charge on any atom is -0.486 e. The first-order valence-electron chi connectivity index (χ1n) is 6.94. The molecule has 1 N–H and O–H groups in total. The van der Waals surface area contributed by atoms with Crippen molar-refractivity contribution in [3.8, 4) is 11.5 Å². The topological polar surface area (TPSA) is 43.4 Å². The normalized spacial score (nSPS) is 18.3. The molecule has 110 valence electrons. The summed E-state index contributed by atoms with van der Waals surface area (Å²) in [6.45, 7) is 3.08. The predicted molar refractivity (Wildman–Crippen MR) is 77.0 cm³/mol. The molecule has 0 saturated carbocycles. The predicted octanol–water partition coefficient (Wildman–Crippen LogP) is 2.71. The van der Waals surface area contributed by atoms with Gasteiger partial charge in [-0.05, 0) is 30.7 Å². The van der Waals surface area contributed by atoms with E-state index in [-0.39, 0.29) is 18.0 Å². The van der Waals surface area contributed by atoms with E-state index in [1.807, 2.05) is 31.2 Å². The highest BCUT2D eigenvalue weighted by Crippen LogP contribution is 2.30. The van der Waals surface area contributed by atoms with Crippen LogP contribution in [0.2, 0.25) is 0 Å². The lowest BCUT2D eigenvalue weighted by Gasteiger charge is -2.27. The zero-order valence-corrected chi connectivity index (χ0v) is 11.8. The fourth-order valence-electron chi connectivity index (χ4n) is 2.25. The van der Waals surface area contributed by atoms with Gasteiger partial charge in [0.15, 0.2) is 11.5 Å². The minimum atomic E-state index is -0.327. The number of para-hydroxylation sites is 2. The molecule has 0 fully saturated rings. The largest absolute Gasteiger partial charge is 0.486 e. The van der Waals surface area contributed by atoms with Gasteiger partial charge in [-0.2, -0.15) is 0 Å². The molecule has 0 spiro atoms.